The topological polar surface area (TPSA) is 71.4 Å². The van der Waals surface area contributed by atoms with Gasteiger partial charge in [-0.25, -0.2) is 8.42 Å². The van der Waals surface area contributed by atoms with Crippen LogP contribution in [0.15, 0.2) is 0 Å². The molecule has 0 spiro atoms. The molecule has 0 aliphatic carbocycles. The van der Waals surface area contributed by atoms with E-state index < -0.39 is 21.2 Å². The minimum absolute atomic E-state index is 0.291. The van der Waals surface area contributed by atoms with Crippen LogP contribution in [0.25, 0.3) is 0 Å². The molecule has 0 fully saturated rings. The molecule has 0 saturated heterocycles. The third-order valence-electron chi connectivity index (χ3n) is 0.880. The number of hydrogen-bond acceptors (Lipinski definition) is 3. The van der Waals surface area contributed by atoms with Gasteiger partial charge in [-0.05, 0) is 0 Å². The second-order valence-corrected chi connectivity index (χ2v) is 5.09. The van der Waals surface area contributed by atoms with Crippen LogP contribution >= 0.6 is 11.6 Å². The summed E-state index contributed by atoms with van der Waals surface area (Å²) in [5.74, 6) is -1.38. The average Bonchev–Trinajstić information content (AvgIpc) is 1.53. The molecule has 0 bridgehead atoms. The van der Waals surface area contributed by atoms with Crippen LogP contribution in [0, 0.1) is 0 Å². The summed E-state index contributed by atoms with van der Waals surface area (Å²) in [6.07, 6.45) is 0.693. The number of hydrogen-bond donors (Lipinski definition) is 1. The second-order valence-electron chi connectivity index (χ2n) is 2.29. The molecule has 0 aromatic carbocycles. The summed E-state index contributed by atoms with van der Waals surface area (Å²) < 4.78 is 21.1. The van der Waals surface area contributed by atoms with Gasteiger partial charge in [0.05, 0.1) is 17.6 Å². The molecular formula is C5H9ClO4S. The Morgan fingerprint density at radius 3 is 2.36 bits per heavy atom. The highest BCUT2D eigenvalue weighted by Crippen LogP contribution is 2.04. The largest absolute Gasteiger partial charge is 0.481 e. The number of aliphatic carboxylic acids is 1. The van der Waals surface area contributed by atoms with Crippen molar-refractivity contribution in [2.24, 2.45) is 0 Å². The molecule has 66 valence electrons. The number of alkyl halides is 1. The number of carbonyl (C=O) groups is 1. The van der Waals surface area contributed by atoms with Crippen LogP contribution in [0.3, 0.4) is 0 Å². The maximum absolute atomic E-state index is 10.5. The summed E-state index contributed by atoms with van der Waals surface area (Å²) in [4.78, 5) is 10.0. The fourth-order valence-corrected chi connectivity index (χ4v) is 2.17. The second kappa shape index (κ2) is 3.92. The van der Waals surface area contributed by atoms with Gasteiger partial charge in [0.15, 0.2) is 0 Å². The highest BCUT2D eigenvalue weighted by Gasteiger charge is 2.15. The van der Waals surface area contributed by atoms with Crippen LogP contribution in [0.2, 0.25) is 0 Å². The molecule has 0 aliphatic rings. The van der Waals surface area contributed by atoms with Gasteiger partial charge in [-0.2, -0.15) is 0 Å². The Kier molecular flexibility index (Phi) is 3.82. The number of rotatable bonds is 4. The molecule has 0 aromatic rings. The summed E-state index contributed by atoms with van der Waals surface area (Å²) in [7, 11) is -3.16. The molecule has 0 aliphatic heterocycles. The molecule has 0 amide bonds. The lowest BCUT2D eigenvalue weighted by Crippen LogP contribution is -2.18. The van der Waals surface area contributed by atoms with E-state index in [4.69, 9.17) is 16.7 Å². The number of halogens is 1. The first-order valence-corrected chi connectivity index (χ1v) is 5.34. The Balaban J connectivity index is 3.89. The number of carboxylic acid groups (broad SMARTS) is 1. The lowest BCUT2D eigenvalue weighted by Gasteiger charge is -2.02. The fourth-order valence-electron chi connectivity index (χ4n) is 0.577. The predicted octanol–water partition coefficient (Wildman–Crippen LogP) is 0.113. The fraction of sp³-hybridized carbons (Fsp3) is 0.800. The standard InChI is InChI=1S/C5H9ClO4S/c1-11(9,10)3-4(6)2-5(7)8/h4H,2-3H2,1H3,(H,7,8). The first kappa shape index (κ1) is 10.7. The summed E-state index contributed by atoms with van der Waals surface area (Å²) in [6.45, 7) is 0. The number of carboxylic acids is 1. The number of sulfone groups is 1. The van der Waals surface area contributed by atoms with E-state index in [2.05, 4.69) is 0 Å². The molecule has 0 aromatic heterocycles. The van der Waals surface area contributed by atoms with E-state index in [-0.39, 0.29) is 12.2 Å². The lowest BCUT2D eigenvalue weighted by atomic mass is 10.3. The Bertz CT molecular complexity index is 233. The van der Waals surface area contributed by atoms with Crippen molar-refractivity contribution in [2.45, 2.75) is 11.8 Å². The van der Waals surface area contributed by atoms with Crippen LogP contribution in [-0.2, 0) is 14.6 Å². The van der Waals surface area contributed by atoms with Crippen molar-refractivity contribution in [2.75, 3.05) is 12.0 Å². The summed E-state index contributed by atoms with van der Waals surface area (Å²) in [5.41, 5.74) is 0. The molecule has 1 atom stereocenters. The minimum atomic E-state index is -3.16. The molecular weight excluding hydrogens is 192 g/mol. The summed E-state index contributed by atoms with van der Waals surface area (Å²) in [6, 6.07) is 0. The molecule has 0 radical (unpaired) electrons. The zero-order valence-corrected chi connectivity index (χ0v) is 7.52. The normalized spacial score (nSPS) is 14.4. The van der Waals surface area contributed by atoms with Gasteiger partial charge in [0.2, 0.25) is 0 Å². The van der Waals surface area contributed by atoms with E-state index in [1.807, 2.05) is 0 Å². The van der Waals surface area contributed by atoms with Crippen molar-refractivity contribution in [3.8, 4) is 0 Å². The molecule has 6 heteroatoms. The van der Waals surface area contributed by atoms with E-state index in [1.165, 1.54) is 0 Å². The lowest BCUT2D eigenvalue weighted by molar-refractivity contribution is -0.136. The van der Waals surface area contributed by atoms with E-state index in [9.17, 15) is 13.2 Å². The van der Waals surface area contributed by atoms with Crippen LogP contribution in [0.5, 0.6) is 0 Å². The van der Waals surface area contributed by atoms with Crippen LogP contribution in [0.4, 0.5) is 0 Å². The third kappa shape index (κ3) is 7.61. The Morgan fingerprint density at radius 2 is 2.09 bits per heavy atom. The molecule has 0 heterocycles. The van der Waals surface area contributed by atoms with Gasteiger partial charge in [0, 0.05) is 6.26 Å². The van der Waals surface area contributed by atoms with Crippen LogP contribution < -0.4 is 0 Å². The monoisotopic (exact) mass is 200 g/mol. The quantitative estimate of drug-likeness (QED) is 0.654. The van der Waals surface area contributed by atoms with Crippen LogP contribution in [-0.4, -0.2) is 36.9 Å². The van der Waals surface area contributed by atoms with Crippen molar-refractivity contribution in [3.63, 3.8) is 0 Å². The van der Waals surface area contributed by atoms with Crippen molar-refractivity contribution in [3.05, 3.63) is 0 Å². The zero-order valence-electron chi connectivity index (χ0n) is 5.95. The van der Waals surface area contributed by atoms with Gasteiger partial charge in [-0.15, -0.1) is 11.6 Å². The molecule has 4 nitrogen and oxygen atoms in total. The highest BCUT2D eigenvalue weighted by molar-refractivity contribution is 7.90. The summed E-state index contributed by atoms with van der Waals surface area (Å²) in [5, 5.41) is 7.37. The molecule has 0 saturated carbocycles. The van der Waals surface area contributed by atoms with Crippen molar-refractivity contribution < 1.29 is 18.3 Å². The Labute approximate surface area is 70.1 Å². The van der Waals surface area contributed by atoms with Crippen LogP contribution in [0.1, 0.15) is 6.42 Å². The first-order valence-electron chi connectivity index (χ1n) is 2.85. The van der Waals surface area contributed by atoms with Gasteiger partial charge in [0.25, 0.3) is 0 Å². The van der Waals surface area contributed by atoms with Gasteiger partial charge in [-0.1, -0.05) is 0 Å². The first-order chi connectivity index (χ1) is 4.81. The average molecular weight is 201 g/mol. The maximum atomic E-state index is 10.5. The van der Waals surface area contributed by atoms with Crippen molar-refractivity contribution >= 4 is 27.4 Å². The van der Waals surface area contributed by atoms with E-state index in [0.29, 0.717) is 0 Å². The van der Waals surface area contributed by atoms with Crippen molar-refractivity contribution in [1.29, 1.82) is 0 Å². The zero-order chi connectivity index (χ0) is 9.07. The molecule has 0 rings (SSSR count). The van der Waals surface area contributed by atoms with Gasteiger partial charge < -0.3 is 5.11 Å². The maximum Gasteiger partial charge on any atom is 0.304 e. The van der Waals surface area contributed by atoms with Crippen molar-refractivity contribution in [1.82, 2.24) is 0 Å². The molecule has 1 N–H and O–H groups in total. The predicted molar refractivity (Wildman–Crippen MR) is 41.6 cm³/mol. The minimum Gasteiger partial charge on any atom is -0.481 e. The van der Waals surface area contributed by atoms with Gasteiger partial charge >= 0.3 is 5.97 Å². The summed E-state index contributed by atoms with van der Waals surface area (Å²) >= 11 is 5.40. The third-order valence-corrected chi connectivity index (χ3v) is 2.38. The van der Waals surface area contributed by atoms with E-state index in [0.717, 1.165) is 6.26 Å². The molecule has 11 heavy (non-hydrogen) atoms. The van der Waals surface area contributed by atoms with E-state index in [1.54, 1.807) is 0 Å². The Hall–Kier alpha value is -0.290. The van der Waals surface area contributed by atoms with Gasteiger partial charge in [-0.3, -0.25) is 4.79 Å². The molecule has 1 unspecified atom stereocenters. The SMILES string of the molecule is CS(=O)(=O)CC(Cl)CC(=O)O. The van der Waals surface area contributed by atoms with E-state index >= 15 is 0 Å². The highest BCUT2D eigenvalue weighted by atomic mass is 35.5. The Morgan fingerprint density at radius 1 is 1.64 bits per heavy atom. The van der Waals surface area contributed by atoms with Gasteiger partial charge in [0.1, 0.15) is 9.84 Å². The smallest absolute Gasteiger partial charge is 0.304 e.